The number of nitrogens with one attached hydrogen (secondary N) is 1. The lowest BCUT2D eigenvalue weighted by Gasteiger charge is -2.23. The lowest BCUT2D eigenvalue weighted by molar-refractivity contribution is -0.132. The number of halogens is 6. The Morgan fingerprint density at radius 1 is 1.05 bits per heavy atom. The summed E-state index contributed by atoms with van der Waals surface area (Å²) in [5.41, 5.74) is 2.55. The third kappa shape index (κ3) is 8.27. The molecule has 1 aromatic heterocycles. The fourth-order valence-electron chi connectivity index (χ4n) is 4.83. The van der Waals surface area contributed by atoms with Crippen molar-refractivity contribution >= 4 is 67.6 Å². The highest BCUT2D eigenvalue weighted by molar-refractivity contribution is 7.91. The molecule has 2 aliphatic rings. The molecule has 0 unspecified atom stereocenters. The van der Waals surface area contributed by atoms with E-state index < -0.39 is 28.9 Å². The van der Waals surface area contributed by atoms with Crippen LogP contribution in [0.25, 0.3) is 0 Å². The minimum Gasteiger partial charge on any atom is -0.395 e. The first-order valence-electron chi connectivity index (χ1n) is 12.9. The molecule has 1 N–H and O–H groups in total. The van der Waals surface area contributed by atoms with Crippen molar-refractivity contribution in [1.29, 1.82) is 0 Å². The molecule has 2 aromatic rings. The molecule has 220 valence electrons. The number of nitrogens with zero attached hydrogens (tertiary/aromatic N) is 1. The van der Waals surface area contributed by atoms with E-state index in [1.165, 1.54) is 0 Å². The largest absolute Gasteiger partial charge is 0.395 e. The van der Waals surface area contributed by atoms with E-state index in [9.17, 15) is 26.4 Å². The Kier molecular flexibility index (Phi) is 10.4. The molecule has 1 amide bonds. The zero-order chi connectivity index (χ0) is 29.1. The summed E-state index contributed by atoms with van der Waals surface area (Å²) >= 11 is 19.2. The summed E-state index contributed by atoms with van der Waals surface area (Å²) in [6.45, 7) is 0.0648. The quantitative estimate of drug-likeness (QED) is 0.134. The second kappa shape index (κ2) is 13.2. The van der Waals surface area contributed by atoms with Crippen LogP contribution in [0.2, 0.25) is 15.1 Å². The number of carbonyl (C=O) groups excluding carboxylic acids is 1. The minimum absolute atomic E-state index is 0.0196. The van der Waals surface area contributed by atoms with E-state index in [-0.39, 0.29) is 50.8 Å². The number of thiophene rings is 1. The Morgan fingerprint density at radius 3 is 2.25 bits per heavy atom. The lowest BCUT2D eigenvalue weighted by atomic mass is 9.90. The van der Waals surface area contributed by atoms with Gasteiger partial charge in [0, 0.05) is 25.3 Å². The molecule has 1 aromatic carbocycles. The first-order chi connectivity index (χ1) is 18.8. The second-order valence-electron chi connectivity index (χ2n) is 9.93. The molecule has 0 radical (unpaired) electrons. The predicted molar refractivity (Wildman–Crippen MR) is 153 cm³/mol. The van der Waals surface area contributed by atoms with Gasteiger partial charge in [0.05, 0.1) is 42.0 Å². The molecule has 0 atom stereocenters. The second-order valence-corrected chi connectivity index (χ2v) is 14.5. The highest BCUT2D eigenvalue weighted by Crippen LogP contribution is 2.37. The molecule has 40 heavy (non-hydrogen) atoms. The van der Waals surface area contributed by atoms with Crippen LogP contribution in [0.5, 0.6) is 0 Å². The van der Waals surface area contributed by atoms with E-state index in [1.54, 1.807) is 12.1 Å². The lowest BCUT2D eigenvalue weighted by Crippen LogP contribution is -2.40. The molecule has 0 spiro atoms. The van der Waals surface area contributed by atoms with Crippen molar-refractivity contribution in [2.24, 2.45) is 5.16 Å². The summed E-state index contributed by atoms with van der Waals surface area (Å²) in [7, 11) is -3.08. The molecular formula is C26H28Cl3F3N2O4S2. The van der Waals surface area contributed by atoms with E-state index >= 15 is 0 Å². The summed E-state index contributed by atoms with van der Waals surface area (Å²) in [6.07, 6.45) is -1.86. The molecule has 4 rings (SSSR count). The number of rotatable bonds is 9. The Morgan fingerprint density at radius 2 is 1.65 bits per heavy atom. The number of hydrogen-bond donors (Lipinski definition) is 1. The van der Waals surface area contributed by atoms with Crippen LogP contribution in [-0.4, -0.2) is 50.4 Å². The summed E-state index contributed by atoms with van der Waals surface area (Å²) in [5.74, 6) is -0.288. The molecule has 1 saturated heterocycles. The number of fused-ring (bicyclic) bond motifs is 1. The van der Waals surface area contributed by atoms with Gasteiger partial charge in [-0.3, -0.25) is 4.79 Å². The molecule has 1 aliphatic carbocycles. The van der Waals surface area contributed by atoms with Crippen molar-refractivity contribution in [1.82, 2.24) is 5.32 Å². The monoisotopic (exact) mass is 658 g/mol. The van der Waals surface area contributed by atoms with Crippen LogP contribution < -0.4 is 5.32 Å². The first-order valence-corrected chi connectivity index (χ1v) is 16.7. The van der Waals surface area contributed by atoms with Gasteiger partial charge < -0.3 is 10.2 Å². The maximum Gasteiger partial charge on any atom is 0.389 e. The molecule has 1 fully saturated rings. The fourth-order valence-corrected chi connectivity index (χ4v) is 8.28. The molecule has 0 bridgehead atoms. The zero-order valence-electron chi connectivity index (χ0n) is 21.4. The maximum absolute atomic E-state index is 13.3. The van der Waals surface area contributed by atoms with Crippen LogP contribution in [0.1, 0.15) is 69.8 Å². The molecule has 1 aliphatic heterocycles. The van der Waals surface area contributed by atoms with Crippen LogP contribution in [-0.2, 0) is 33.9 Å². The van der Waals surface area contributed by atoms with E-state index in [0.29, 0.717) is 41.9 Å². The number of alkyl halides is 3. The summed E-state index contributed by atoms with van der Waals surface area (Å²) in [6, 6.07) is 3.00. The van der Waals surface area contributed by atoms with Gasteiger partial charge in [0.25, 0.3) is 5.91 Å². The van der Waals surface area contributed by atoms with Gasteiger partial charge in [-0.25, -0.2) is 8.42 Å². The van der Waals surface area contributed by atoms with Crippen molar-refractivity contribution in [2.75, 3.05) is 18.1 Å². The summed E-state index contributed by atoms with van der Waals surface area (Å²) < 4.78 is 63.1. The average molecular weight is 660 g/mol. The molecule has 6 nitrogen and oxygen atoms in total. The van der Waals surface area contributed by atoms with Gasteiger partial charge in [-0.05, 0) is 67.3 Å². The van der Waals surface area contributed by atoms with Crippen LogP contribution in [0.3, 0.4) is 0 Å². The Bertz CT molecular complexity index is 1360. The Balaban J connectivity index is 1.55. The number of amides is 1. The SMILES string of the molecule is O=C(NC1CCS(=O)(=O)CC1)c1sc(/C(CCC(F)(F)F)=N/OCCc2cc(Cl)c(Cl)c(Cl)c2)c2c1CCCC2. The van der Waals surface area contributed by atoms with Crippen molar-refractivity contribution in [3.8, 4) is 0 Å². The van der Waals surface area contributed by atoms with Gasteiger partial charge in [-0.1, -0.05) is 40.0 Å². The van der Waals surface area contributed by atoms with Crippen LogP contribution in [0.4, 0.5) is 13.2 Å². The normalized spacial score (nSPS) is 17.9. The van der Waals surface area contributed by atoms with Gasteiger partial charge in [-0.2, -0.15) is 13.2 Å². The maximum atomic E-state index is 13.3. The highest BCUT2D eigenvalue weighted by atomic mass is 35.5. The van der Waals surface area contributed by atoms with Crippen molar-refractivity contribution in [3.05, 3.63) is 53.6 Å². The summed E-state index contributed by atoms with van der Waals surface area (Å²) in [5, 5.41) is 7.86. The third-order valence-corrected chi connectivity index (χ3v) is 11.2. The van der Waals surface area contributed by atoms with Gasteiger partial charge in [0.1, 0.15) is 16.4 Å². The smallest absolute Gasteiger partial charge is 0.389 e. The molecule has 14 heteroatoms. The third-order valence-electron chi connectivity index (χ3n) is 6.92. The van der Waals surface area contributed by atoms with Crippen molar-refractivity contribution in [2.45, 2.75) is 70.0 Å². The van der Waals surface area contributed by atoms with Crippen LogP contribution >= 0.6 is 46.1 Å². The Hall–Kier alpha value is -1.53. The number of benzene rings is 1. The van der Waals surface area contributed by atoms with Crippen molar-refractivity contribution in [3.63, 3.8) is 0 Å². The topological polar surface area (TPSA) is 84.8 Å². The number of carbonyl (C=O) groups is 1. The molecule has 0 saturated carbocycles. The predicted octanol–water partition coefficient (Wildman–Crippen LogP) is 7.20. The van der Waals surface area contributed by atoms with Crippen molar-refractivity contribution < 1.29 is 31.2 Å². The van der Waals surface area contributed by atoms with E-state index in [1.807, 2.05) is 0 Å². The Labute approximate surface area is 250 Å². The van der Waals surface area contributed by atoms with Gasteiger partial charge >= 0.3 is 6.18 Å². The van der Waals surface area contributed by atoms with Gasteiger partial charge in [-0.15, -0.1) is 11.3 Å². The summed E-state index contributed by atoms with van der Waals surface area (Å²) in [4.78, 5) is 19.7. The number of oxime groups is 1. The van der Waals surface area contributed by atoms with Gasteiger partial charge in [0.2, 0.25) is 0 Å². The van der Waals surface area contributed by atoms with Crippen LogP contribution in [0, 0.1) is 0 Å². The number of hydrogen-bond acceptors (Lipinski definition) is 6. The first kappa shape index (κ1) is 31.4. The fraction of sp³-hybridized carbons (Fsp3) is 0.538. The highest BCUT2D eigenvalue weighted by Gasteiger charge is 2.32. The van der Waals surface area contributed by atoms with Crippen LogP contribution in [0.15, 0.2) is 17.3 Å². The number of sulfone groups is 1. The van der Waals surface area contributed by atoms with E-state index in [4.69, 9.17) is 39.6 Å². The standard InChI is InChI=1S/C26H28Cl3F3N2O4S2/c27-19-13-15(14-20(28)22(19)29)6-10-38-34-21(5-9-26(30,31)32)23-17-3-1-2-4-18(17)24(39-23)25(35)33-16-7-11-40(36,37)12-8-16/h13-14,16H,1-12H2,(H,33,35)/b34-21+. The van der Waals surface area contributed by atoms with Gasteiger partial charge in [0.15, 0.2) is 0 Å². The van der Waals surface area contributed by atoms with E-state index in [2.05, 4.69) is 10.5 Å². The average Bonchev–Trinajstić information content (AvgIpc) is 3.27. The van der Waals surface area contributed by atoms with E-state index in [0.717, 1.165) is 40.9 Å². The zero-order valence-corrected chi connectivity index (χ0v) is 25.3. The molecule has 2 heterocycles. The molecular weight excluding hydrogens is 632 g/mol. The minimum atomic E-state index is -4.39.